The Hall–Kier alpha value is -1.88. The first-order chi connectivity index (χ1) is 7.68. The number of carboxylic acids is 1. The number of aliphatic carboxylic acids is 1. The van der Waals surface area contributed by atoms with Gasteiger partial charge in [0.1, 0.15) is 6.04 Å². The Kier molecular flexibility index (Phi) is 2.87. The second-order valence-electron chi connectivity index (χ2n) is 3.70. The number of aryl methyl sites for hydroxylation is 1. The molecule has 0 amide bonds. The number of H-pyrrole nitrogens is 1. The zero-order valence-corrected chi connectivity index (χ0v) is 8.68. The number of nitrogens with zero attached hydrogens (tertiary/aromatic N) is 1. The summed E-state index contributed by atoms with van der Waals surface area (Å²) in [6, 6.07) is 4.98. The third-order valence-corrected chi connectivity index (χ3v) is 2.58. The average molecular weight is 219 g/mol. The lowest BCUT2D eigenvalue weighted by molar-refractivity contribution is -0.138. The number of hydrogen-bond acceptors (Lipinski definition) is 3. The fourth-order valence-corrected chi connectivity index (χ4v) is 1.66. The minimum atomic E-state index is -0.964. The number of nitrogens with two attached hydrogens (primary N) is 1. The Balaban J connectivity index is 2.15. The summed E-state index contributed by atoms with van der Waals surface area (Å²) in [5.41, 5.74) is 8.33. The molecule has 1 aromatic heterocycles. The summed E-state index contributed by atoms with van der Waals surface area (Å²) in [5, 5.41) is 8.69. The fraction of sp³-hybridized carbons (Fsp3) is 0.273. The van der Waals surface area contributed by atoms with E-state index in [1.54, 1.807) is 6.33 Å². The van der Waals surface area contributed by atoms with Crippen LogP contribution in [0.3, 0.4) is 0 Å². The zero-order valence-electron chi connectivity index (χ0n) is 8.68. The lowest BCUT2D eigenvalue weighted by Gasteiger charge is -2.06. The van der Waals surface area contributed by atoms with E-state index >= 15 is 0 Å². The molecule has 4 N–H and O–H groups in total. The number of para-hydroxylation sites is 1. The molecule has 0 aliphatic carbocycles. The van der Waals surface area contributed by atoms with Gasteiger partial charge in [-0.15, -0.1) is 0 Å². The second-order valence-corrected chi connectivity index (χ2v) is 3.70. The van der Waals surface area contributed by atoms with E-state index < -0.39 is 12.0 Å². The van der Waals surface area contributed by atoms with Gasteiger partial charge in [0.25, 0.3) is 0 Å². The molecule has 16 heavy (non-hydrogen) atoms. The van der Waals surface area contributed by atoms with Gasteiger partial charge in [0.2, 0.25) is 0 Å². The monoisotopic (exact) mass is 219 g/mol. The number of fused-ring (bicyclic) bond motifs is 1. The molecule has 5 heteroatoms. The highest BCUT2D eigenvalue weighted by Crippen LogP contribution is 2.16. The van der Waals surface area contributed by atoms with E-state index in [0.717, 1.165) is 16.6 Å². The van der Waals surface area contributed by atoms with Gasteiger partial charge in [-0.2, -0.15) is 0 Å². The molecular formula is C11H13N3O2. The van der Waals surface area contributed by atoms with Gasteiger partial charge in [-0.1, -0.05) is 12.1 Å². The van der Waals surface area contributed by atoms with Crippen LogP contribution in [0.25, 0.3) is 11.0 Å². The van der Waals surface area contributed by atoms with Crippen LogP contribution in [0.15, 0.2) is 24.5 Å². The number of benzene rings is 1. The van der Waals surface area contributed by atoms with Gasteiger partial charge in [0.05, 0.1) is 17.4 Å². The van der Waals surface area contributed by atoms with E-state index in [4.69, 9.17) is 10.8 Å². The highest BCUT2D eigenvalue weighted by Gasteiger charge is 2.12. The van der Waals surface area contributed by atoms with Crippen molar-refractivity contribution < 1.29 is 9.90 Å². The molecule has 2 rings (SSSR count). The first kappa shape index (κ1) is 10.6. The molecule has 0 bridgehead atoms. The Bertz CT molecular complexity index is 507. The van der Waals surface area contributed by atoms with Crippen molar-refractivity contribution in [3.8, 4) is 0 Å². The SMILES string of the molecule is NC(CCc1cccc2[nH]cnc12)C(=O)O. The maximum atomic E-state index is 10.6. The number of aromatic nitrogens is 2. The zero-order chi connectivity index (χ0) is 11.5. The molecule has 0 aliphatic rings. The van der Waals surface area contributed by atoms with Crippen molar-refractivity contribution in [2.24, 2.45) is 5.73 Å². The summed E-state index contributed by atoms with van der Waals surface area (Å²) >= 11 is 0. The molecule has 2 aromatic rings. The van der Waals surface area contributed by atoms with E-state index in [1.165, 1.54) is 0 Å². The summed E-state index contributed by atoms with van der Waals surface area (Å²) in [4.78, 5) is 17.8. The largest absolute Gasteiger partial charge is 0.480 e. The summed E-state index contributed by atoms with van der Waals surface area (Å²) in [5.74, 6) is -0.964. The van der Waals surface area contributed by atoms with Crippen LogP contribution in [0, 0.1) is 0 Å². The van der Waals surface area contributed by atoms with E-state index in [2.05, 4.69) is 9.97 Å². The minimum absolute atomic E-state index is 0.418. The average Bonchev–Trinajstić information content (AvgIpc) is 2.73. The van der Waals surface area contributed by atoms with Crippen molar-refractivity contribution in [2.75, 3.05) is 0 Å². The van der Waals surface area contributed by atoms with E-state index in [9.17, 15) is 4.79 Å². The lowest BCUT2D eigenvalue weighted by Crippen LogP contribution is -2.30. The van der Waals surface area contributed by atoms with Gasteiger partial charge in [-0.25, -0.2) is 4.98 Å². The predicted molar refractivity (Wildman–Crippen MR) is 60.0 cm³/mol. The van der Waals surface area contributed by atoms with Gasteiger partial charge >= 0.3 is 5.97 Å². The molecule has 0 saturated carbocycles. The van der Waals surface area contributed by atoms with E-state index in [-0.39, 0.29) is 0 Å². The van der Waals surface area contributed by atoms with Crippen molar-refractivity contribution in [3.63, 3.8) is 0 Å². The van der Waals surface area contributed by atoms with Gasteiger partial charge in [-0.05, 0) is 24.5 Å². The maximum absolute atomic E-state index is 10.6. The van der Waals surface area contributed by atoms with Crippen molar-refractivity contribution in [2.45, 2.75) is 18.9 Å². The first-order valence-electron chi connectivity index (χ1n) is 5.08. The normalized spacial score (nSPS) is 12.8. The van der Waals surface area contributed by atoms with Crippen molar-refractivity contribution in [1.82, 2.24) is 9.97 Å². The quantitative estimate of drug-likeness (QED) is 0.712. The maximum Gasteiger partial charge on any atom is 0.320 e. The summed E-state index contributed by atoms with van der Waals surface area (Å²) in [6.45, 7) is 0. The molecule has 0 fully saturated rings. The predicted octanol–water partition coefficient (Wildman–Crippen LogP) is 0.907. The fourth-order valence-electron chi connectivity index (χ4n) is 1.66. The number of rotatable bonds is 4. The van der Waals surface area contributed by atoms with Gasteiger partial charge in [-0.3, -0.25) is 4.79 Å². The van der Waals surface area contributed by atoms with Gasteiger partial charge in [0, 0.05) is 0 Å². The van der Waals surface area contributed by atoms with E-state index in [1.807, 2.05) is 18.2 Å². The van der Waals surface area contributed by atoms with Crippen LogP contribution in [0.1, 0.15) is 12.0 Å². The molecule has 0 aliphatic heterocycles. The molecule has 0 saturated heterocycles. The second kappa shape index (κ2) is 4.32. The number of nitrogens with one attached hydrogen (secondary N) is 1. The minimum Gasteiger partial charge on any atom is -0.480 e. The summed E-state index contributed by atoms with van der Waals surface area (Å²) in [7, 11) is 0. The van der Waals surface area contributed by atoms with E-state index in [0.29, 0.717) is 12.8 Å². The number of hydrogen-bond donors (Lipinski definition) is 3. The molecule has 0 radical (unpaired) electrons. The van der Waals surface area contributed by atoms with Crippen molar-refractivity contribution in [3.05, 3.63) is 30.1 Å². The summed E-state index contributed by atoms with van der Waals surface area (Å²) in [6.07, 6.45) is 2.67. The Morgan fingerprint density at radius 1 is 1.56 bits per heavy atom. The van der Waals surface area contributed by atoms with Crippen LogP contribution in [0.4, 0.5) is 0 Å². The Morgan fingerprint density at radius 2 is 2.38 bits per heavy atom. The Labute approximate surface area is 92.3 Å². The molecular weight excluding hydrogens is 206 g/mol. The molecule has 5 nitrogen and oxygen atoms in total. The van der Waals surface area contributed by atoms with Gasteiger partial charge in [0.15, 0.2) is 0 Å². The summed E-state index contributed by atoms with van der Waals surface area (Å²) < 4.78 is 0. The number of carboxylic acid groups (broad SMARTS) is 1. The molecule has 0 spiro atoms. The van der Waals surface area contributed by atoms with Crippen LogP contribution in [0.2, 0.25) is 0 Å². The molecule has 84 valence electrons. The molecule has 1 atom stereocenters. The van der Waals surface area contributed by atoms with Crippen molar-refractivity contribution in [1.29, 1.82) is 0 Å². The third-order valence-electron chi connectivity index (χ3n) is 2.58. The lowest BCUT2D eigenvalue weighted by atomic mass is 10.0. The highest BCUT2D eigenvalue weighted by molar-refractivity contribution is 5.78. The van der Waals surface area contributed by atoms with Crippen LogP contribution in [-0.2, 0) is 11.2 Å². The van der Waals surface area contributed by atoms with Crippen LogP contribution >= 0.6 is 0 Å². The van der Waals surface area contributed by atoms with Crippen LogP contribution in [-0.4, -0.2) is 27.1 Å². The Morgan fingerprint density at radius 3 is 3.12 bits per heavy atom. The standard InChI is InChI=1S/C11H13N3O2/c12-8(11(15)16)5-4-7-2-1-3-9-10(7)14-6-13-9/h1-3,6,8H,4-5,12H2,(H,13,14)(H,15,16). The highest BCUT2D eigenvalue weighted by atomic mass is 16.4. The molecule has 1 aromatic carbocycles. The first-order valence-corrected chi connectivity index (χ1v) is 5.08. The van der Waals surface area contributed by atoms with Crippen molar-refractivity contribution >= 4 is 17.0 Å². The topological polar surface area (TPSA) is 92.0 Å². The molecule has 1 heterocycles. The number of aromatic amines is 1. The van der Waals surface area contributed by atoms with Crippen LogP contribution < -0.4 is 5.73 Å². The molecule has 1 unspecified atom stereocenters. The van der Waals surface area contributed by atoms with Crippen LogP contribution in [0.5, 0.6) is 0 Å². The number of imidazole rings is 1. The smallest absolute Gasteiger partial charge is 0.320 e. The third kappa shape index (κ3) is 2.04. The number of carbonyl (C=O) groups is 1. The van der Waals surface area contributed by atoms with Gasteiger partial charge < -0.3 is 15.8 Å².